The van der Waals surface area contributed by atoms with Gasteiger partial charge in [0, 0.05) is 14.1 Å². The van der Waals surface area contributed by atoms with Crippen molar-refractivity contribution >= 4 is 24.7 Å². The Morgan fingerprint density at radius 3 is 2.50 bits per heavy atom. The molecule has 0 aromatic heterocycles. The van der Waals surface area contributed by atoms with Crippen molar-refractivity contribution in [3.8, 4) is 0 Å². The molecule has 2 heteroatoms. The van der Waals surface area contributed by atoms with Gasteiger partial charge >= 0.3 is 0 Å². The standard InChI is InChI=1S/C10H21BrSi/c1-2-7-12-8-4-10(3-6-11)5-9-12/h10,12H,2-9H2,1H3. The zero-order valence-corrected chi connectivity index (χ0v) is 10.9. The van der Waals surface area contributed by atoms with Gasteiger partial charge in [0.1, 0.15) is 0 Å². The minimum atomic E-state index is -0.205. The number of alkyl halides is 1. The molecule has 72 valence electrons. The molecule has 1 saturated heterocycles. The SMILES string of the molecule is CCC[SiH]1CCC(CCBr)CC1. The molecule has 12 heavy (non-hydrogen) atoms. The van der Waals surface area contributed by atoms with E-state index < -0.39 is 0 Å². The van der Waals surface area contributed by atoms with E-state index in [1.807, 2.05) is 0 Å². The molecular formula is C10H21BrSi. The topological polar surface area (TPSA) is 0 Å². The van der Waals surface area contributed by atoms with Crippen molar-refractivity contribution < 1.29 is 0 Å². The van der Waals surface area contributed by atoms with Crippen molar-refractivity contribution in [1.29, 1.82) is 0 Å². The van der Waals surface area contributed by atoms with Gasteiger partial charge in [0.15, 0.2) is 0 Å². The van der Waals surface area contributed by atoms with Gasteiger partial charge in [-0.3, -0.25) is 0 Å². The molecule has 1 heterocycles. The Labute approximate surface area is 86.9 Å². The molecule has 0 aromatic carbocycles. The van der Waals surface area contributed by atoms with Crippen molar-refractivity contribution in [3.63, 3.8) is 0 Å². The Hall–Kier alpha value is 0.697. The molecule has 1 aliphatic heterocycles. The summed E-state index contributed by atoms with van der Waals surface area (Å²) >= 11 is 3.54. The first-order chi connectivity index (χ1) is 5.86. The molecule has 1 aliphatic rings. The maximum atomic E-state index is 3.54. The van der Waals surface area contributed by atoms with Crippen LogP contribution in [0.3, 0.4) is 0 Å². The average molecular weight is 249 g/mol. The van der Waals surface area contributed by atoms with Crippen LogP contribution >= 0.6 is 15.9 Å². The Bertz CT molecular complexity index is 94.4. The minimum absolute atomic E-state index is 0.205. The zero-order valence-electron chi connectivity index (χ0n) is 8.19. The van der Waals surface area contributed by atoms with Crippen LogP contribution in [0.5, 0.6) is 0 Å². The predicted octanol–water partition coefficient (Wildman–Crippen LogP) is 3.82. The van der Waals surface area contributed by atoms with E-state index in [9.17, 15) is 0 Å². The van der Waals surface area contributed by atoms with Crippen LogP contribution in [0, 0.1) is 5.92 Å². The third kappa shape index (κ3) is 3.61. The van der Waals surface area contributed by atoms with Gasteiger partial charge in [0.2, 0.25) is 0 Å². The van der Waals surface area contributed by atoms with Gasteiger partial charge in [-0.1, -0.05) is 60.2 Å². The molecule has 1 rings (SSSR count). The highest BCUT2D eigenvalue weighted by molar-refractivity contribution is 9.09. The van der Waals surface area contributed by atoms with Crippen LogP contribution in [0.15, 0.2) is 0 Å². The van der Waals surface area contributed by atoms with Crippen molar-refractivity contribution in [3.05, 3.63) is 0 Å². The fraction of sp³-hybridized carbons (Fsp3) is 1.00. The molecule has 0 saturated carbocycles. The van der Waals surface area contributed by atoms with Crippen LogP contribution < -0.4 is 0 Å². The highest BCUT2D eigenvalue weighted by atomic mass is 79.9. The summed E-state index contributed by atoms with van der Waals surface area (Å²) in [6, 6.07) is 4.90. The van der Waals surface area contributed by atoms with Crippen LogP contribution in [0.2, 0.25) is 18.1 Å². The summed E-state index contributed by atoms with van der Waals surface area (Å²) in [5.74, 6) is 1.07. The third-order valence-corrected chi connectivity index (χ3v) is 7.33. The molecule has 0 spiro atoms. The van der Waals surface area contributed by atoms with Gasteiger partial charge in [-0.2, -0.15) is 0 Å². The summed E-state index contributed by atoms with van der Waals surface area (Å²) < 4.78 is 0. The first kappa shape index (κ1) is 10.8. The lowest BCUT2D eigenvalue weighted by molar-refractivity contribution is 0.460. The Morgan fingerprint density at radius 1 is 1.33 bits per heavy atom. The smallest absolute Gasteiger partial charge is 0.0367 e. The Morgan fingerprint density at radius 2 is 2.00 bits per heavy atom. The summed E-state index contributed by atoms with van der Waals surface area (Å²) in [5, 5.41) is 1.22. The molecule has 0 nitrogen and oxygen atoms in total. The lowest BCUT2D eigenvalue weighted by atomic mass is 10.0. The number of hydrogen-bond donors (Lipinski definition) is 0. The molecule has 0 N–H and O–H groups in total. The molecule has 0 atom stereocenters. The molecule has 0 aliphatic carbocycles. The highest BCUT2D eigenvalue weighted by Gasteiger charge is 2.20. The van der Waals surface area contributed by atoms with Gasteiger partial charge in [0.05, 0.1) is 0 Å². The monoisotopic (exact) mass is 248 g/mol. The second-order valence-electron chi connectivity index (χ2n) is 4.15. The van der Waals surface area contributed by atoms with Crippen LogP contribution in [-0.4, -0.2) is 14.1 Å². The summed E-state index contributed by atoms with van der Waals surface area (Å²) in [4.78, 5) is 0. The summed E-state index contributed by atoms with van der Waals surface area (Å²) in [6.07, 6.45) is 5.98. The van der Waals surface area contributed by atoms with Gasteiger partial charge in [-0.15, -0.1) is 0 Å². The van der Waals surface area contributed by atoms with Crippen LogP contribution in [0.4, 0.5) is 0 Å². The maximum absolute atomic E-state index is 3.54. The molecule has 0 bridgehead atoms. The van der Waals surface area contributed by atoms with Crippen molar-refractivity contribution in [1.82, 2.24) is 0 Å². The van der Waals surface area contributed by atoms with Crippen LogP contribution in [0.1, 0.15) is 32.6 Å². The molecule has 0 aromatic rings. The second kappa shape index (κ2) is 6.20. The molecular weight excluding hydrogens is 228 g/mol. The number of rotatable bonds is 4. The van der Waals surface area contributed by atoms with E-state index in [1.165, 1.54) is 18.2 Å². The van der Waals surface area contributed by atoms with Gasteiger partial charge in [-0.05, 0) is 12.3 Å². The lowest BCUT2D eigenvalue weighted by Crippen LogP contribution is -2.21. The summed E-state index contributed by atoms with van der Waals surface area (Å²) in [7, 11) is -0.205. The summed E-state index contributed by atoms with van der Waals surface area (Å²) in [6.45, 7) is 2.34. The maximum Gasteiger partial charge on any atom is 0.0367 e. The molecule has 1 fully saturated rings. The first-order valence-corrected chi connectivity index (χ1v) is 8.99. The van der Waals surface area contributed by atoms with Crippen molar-refractivity contribution in [2.75, 3.05) is 5.33 Å². The molecule has 0 amide bonds. The Balaban J connectivity index is 2.11. The van der Waals surface area contributed by atoms with E-state index in [0.717, 1.165) is 5.92 Å². The van der Waals surface area contributed by atoms with Crippen LogP contribution in [-0.2, 0) is 0 Å². The molecule has 0 unspecified atom stereocenters. The fourth-order valence-corrected chi connectivity index (χ4v) is 6.59. The lowest BCUT2D eigenvalue weighted by Gasteiger charge is -2.26. The van der Waals surface area contributed by atoms with E-state index in [1.54, 1.807) is 31.0 Å². The van der Waals surface area contributed by atoms with E-state index in [-0.39, 0.29) is 8.80 Å². The fourth-order valence-electron chi connectivity index (χ4n) is 2.37. The van der Waals surface area contributed by atoms with Gasteiger partial charge in [-0.25, -0.2) is 0 Å². The largest absolute Gasteiger partial charge is 0.0928 e. The third-order valence-electron chi connectivity index (χ3n) is 3.18. The normalized spacial score (nSPS) is 30.5. The van der Waals surface area contributed by atoms with E-state index in [2.05, 4.69) is 22.9 Å². The second-order valence-corrected chi connectivity index (χ2v) is 8.41. The quantitative estimate of drug-likeness (QED) is 0.525. The Kier molecular flexibility index (Phi) is 5.56. The average Bonchev–Trinajstić information content (AvgIpc) is 2.09. The summed E-state index contributed by atoms with van der Waals surface area (Å²) in [5.41, 5.74) is 0. The van der Waals surface area contributed by atoms with Gasteiger partial charge < -0.3 is 0 Å². The van der Waals surface area contributed by atoms with E-state index in [0.29, 0.717) is 0 Å². The van der Waals surface area contributed by atoms with Crippen molar-refractivity contribution in [2.24, 2.45) is 5.92 Å². The first-order valence-electron chi connectivity index (χ1n) is 5.42. The highest BCUT2D eigenvalue weighted by Crippen LogP contribution is 2.29. The number of hydrogen-bond acceptors (Lipinski definition) is 0. The minimum Gasteiger partial charge on any atom is -0.0928 e. The molecule has 0 radical (unpaired) electrons. The predicted molar refractivity (Wildman–Crippen MR) is 63.0 cm³/mol. The van der Waals surface area contributed by atoms with E-state index in [4.69, 9.17) is 0 Å². The van der Waals surface area contributed by atoms with E-state index >= 15 is 0 Å². The number of halogens is 1. The van der Waals surface area contributed by atoms with Crippen LogP contribution in [0.25, 0.3) is 0 Å². The van der Waals surface area contributed by atoms with Gasteiger partial charge in [0.25, 0.3) is 0 Å². The van der Waals surface area contributed by atoms with Crippen molar-refractivity contribution in [2.45, 2.75) is 50.7 Å². The zero-order chi connectivity index (χ0) is 8.81.